The third-order valence-electron chi connectivity index (χ3n) is 4.25. The first kappa shape index (κ1) is 16.2. The molecule has 1 fully saturated rings. The number of benzene rings is 2. The third-order valence-corrected chi connectivity index (χ3v) is 4.25. The number of hydrogen-bond donors (Lipinski definition) is 0. The highest BCUT2D eigenvalue weighted by Gasteiger charge is 2.41. The van der Waals surface area contributed by atoms with Crippen molar-refractivity contribution in [2.75, 3.05) is 0 Å². The van der Waals surface area contributed by atoms with Gasteiger partial charge in [0.1, 0.15) is 12.2 Å². The maximum atomic E-state index is 6.12. The molecule has 1 saturated heterocycles. The molecule has 0 bridgehead atoms. The summed E-state index contributed by atoms with van der Waals surface area (Å²) in [6.45, 7) is 5.27. The van der Waals surface area contributed by atoms with Gasteiger partial charge in [0.2, 0.25) is 0 Å². The van der Waals surface area contributed by atoms with E-state index in [1.54, 1.807) is 0 Å². The molecule has 0 aliphatic carbocycles. The predicted molar refractivity (Wildman–Crippen MR) is 90.0 cm³/mol. The number of rotatable bonds is 6. The van der Waals surface area contributed by atoms with Crippen LogP contribution in [-0.4, -0.2) is 24.4 Å². The molecule has 0 amide bonds. The van der Waals surface area contributed by atoms with Crippen LogP contribution in [0, 0.1) is 0 Å². The van der Waals surface area contributed by atoms with Gasteiger partial charge in [0.05, 0.1) is 25.4 Å². The molecule has 3 nitrogen and oxygen atoms in total. The van der Waals surface area contributed by atoms with Crippen LogP contribution in [0.2, 0.25) is 0 Å². The smallest absolute Gasteiger partial charge is 0.112 e. The van der Waals surface area contributed by atoms with Crippen LogP contribution in [0.25, 0.3) is 0 Å². The van der Waals surface area contributed by atoms with Crippen molar-refractivity contribution in [2.24, 2.45) is 0 Å². The highest BCUT2D eigenvalue weighted by Crippen LogP contribution is 2.27. The van der Waals surface area contributed by atoms with Crippen LogP contribution in [0.1, 0.15) is 25.0 Å². The average molecular weight is 312 g/mol. The Bertz CT molecular complexity index is 531. The lowest BCUT2D eigenvalue weighted by Crippen LogP contribution is -2.36. The Morgan fingerprint density at radius 2 is 1.09 bits per heavy atom. The van der Waals surface area contributed by atoms with Crippen LogP contribution < -0.4 is 0 Å². The summed E-state index contributed by atoms with van der Waals surface area (Å²) in [5.41, 5.74) is 2.34. The standard InChI is InChI=1S/C20H24O3/c1-15-19(21-13-17-9-5-3-6-10-17)20(16(2)23-15)22-14-18-11-7-4-8-12-18/h3-12,15-16,19-20H,13-14H2,1-2H3/t15-,16?,19-,20+/m1/s1. The van der Waals surface area contributed by atoms with E-state index in [0.717, 1.165) is 0 Å². The van der Waals surface area contributed by atoms with Crippen molar-refractivity contribution < 1.29 is 14.2 Å². The minimum atomic E-state index is -0.0473. The van der Waals surface area contributed by atoms with E-state index in [0.29, 0.717) is 13.2 Å². The van der Waals surface area contributed by atoms with Crippen molar-refractivity contribution in [3.05, 3.63) is 71.8 Å². The number of ether oxygens (including phenoxy) is 3. The molecular formula is C20H24O3. The van der Waals surface area contributed by atoms with Gasteiger partial charge >= 0.3 is 0 Å². The molecule has 1 aliphatic rings. The van der Waals surface area contributed by atoms with Crippen LogP contribution in [-0.2, 0) is 27.4 Å². The Labute approximate surface area is 138 Å². The maximum Gasteiger partial charge on any atom is 0.112 e. The van der Waals surface area contributed by atoms with Crippen molar-refractivity contribution in [3.8, 4) is 0 Å². The van der Waals surface area contributed by atoms with Gasteiger partial charge in [0.25, 0.3) is 0 Å². The van der Waals surface area contributed by atoms with Crippen molar-refractivity contribution in [2.45, 2.75) is 51.5 Å². The van der Waals surface area contributed by atoms with Crippen molar-refractivity contribution in [1.82, 2.24) is 0 Å². The highest BCUT2D eigenvalue weighted by atomic mass is 16.6. The van der Waals surface area contributed by atoms with Gasteiger partial charge < -0.3 is 14.2 Å². The largest absolute Gasteiger partial charge is 0.370 e. The number of hydrogen-bond acceptors (Lipinski definition) is 3. The monoisotopic (exact) mass is 312 g/mol. The lowest BCUT2D eigenvalue weighted by molar-refractivity contribution is -0.0758. The molecule has 0 N–H and O–H groups in total. The zero-order chi connectivity index (χ0) is 16.1. The average Bonchev–Trinajstić information content (AvgIpc) is 2.86. The van der Waals surface area contributed by atoms with Gasteiger partial charge in [0.15, 0.2) is 0 Å². The van der Waals surface area contributed by atoms with Gasteiger partial charge in [-0.1, -0.05) is 60.7 Å². The molecule has 2 aromatic rings. The highest BCUT2D eigenvalue weighted by molar-refractivity contribution is 5.14. The van der Waals surface area contributed by atoms with E-state index in [-0.39, 0.29) is 24.4 Å². The quantitative estimate of drug-likeness (QED) is 0.808. The first-order valence-corrected chi connectivity index (χ1v) is 8.20. The van der Waals surface area contributed by atoms with Crippen LogP contribution >= 0.6 is 0 Å². The van der Waals surface area contributed by atoms with Crippen LogP contribution in [0.3, 0.4) is 0 Å². The molecule has 4 atom stereocenters. The van der Waals surface area contributed by atoms with Gasteiger partial charge in [-0.3, -0.25) is 0 Å². The van der Waals surface area contributed by atoms with Gasteiger partial charge in [-0.05, 0) is 25.0 Å². The fourth-order valence-corrected chi connectivity index (χ4v) is 3.02. The Balaban J connectivity index is 1.60. The minimum Gasteiger partial charge on any atom is -0.370 e. The Morgan fingerprint density at radius 3 is 1.48 bits per heavy atom. The predicted octanol–water partition coefficient (Wildman–Crippen LogP) is 3.96. The SMILES string of the molecule is CC1O[C@H](C)[C@@H](OCc2ccccc2)[C@H]1OCc1ccccc1. The minimum absolute atomic E-state index is 0.0366. The van der Waals surface area contributed by atoms with Crippen LogP contribution in [0.4, 0.5) is 0 Å². The summed E-state index contributed by atoms with van der Waals surface area (Å²) in [5.74, 6) is 0. The van der Waals surface area contributed by atoms with Gasteiger partial charge in [-0.25, -0.2) is 0 Å². The van der Waals surface area contributed by atoms with Crippen molar-refractivity contribution >= 4 is 0 Å². The van der Waals surface area contributed by atoms with E-state index >= 15 is 0 Å². The second kappa shape index (κ2) is 7.73. The van der Waals surface area contributed by atoms with E-state index in [4.69, 9.17) is 14.2 Å². The zero-order valence-electron chi connectivity index (χ0n) is 13.7. The van der Waals surface area contributed by atoms with Crippen molar-refractivity contribution in [1.29, 1.82) is 0 Å². The molecule has 0 aromatic heterocycles. The summed E-state index contributed by atoms with van der Waals surface area (Å²) in [6.07, 6.45) is -0.0215. The third kappa shape index (κ3) is 4.20. The Hall–Kier alpha value is -1.68. The molecule has 0 saturated carbocycles. The zero-order valence-corrected chi connectivity index (χ0v) is 13.7. The normalized spacial score (nSPS) is 27.2. The summed E-state index contributed by atoms with van der Waals surface area (Å²) < 4.78 is 18.2. The van der Waals surface area contributed by atoms with Gasteiger partial charge in [0, 0.05) is 0 Å². The lowest BCUT2D eigenvalue weighted by Gasteiger charge is -2.23. The maximum absolute atomic E-state index is 6.12. The van der Waals surface area contributed by atoms with Crippen LogP contribution in [0.15, 0.2) is 60.7 Å². The van der Waals surface area contributed by atoms with Gasteiger partial charge in [-0.15, -0.1) is 0 Å². The van der Waals surface area contributed by atoms with Crippen LogP contribution in [0.5, 0.6) is 0 Å². The van der Waals surface area contributed by atoms with E-state index in [1.165, 1.54) is 11.1 Å². The van der Waals surface area contributed by atoms with E-state index in [1.807, 2.05) is 36.4 Å². The van der Waals surface area contributed by atoms with E-state index in [9.17, 15) is 0 Å². The Kier molecular flexibility index (Phi) is 5.44. The summed E-state index contributed by atoms with van der Waals surface area (Å²) in [6, 6.07) is 20.4. The fourth-order valence-electron chi connectivity index (χ4n) is 3.02. The van der Waals surface area contributed by atoms with E-state index in [2.05, 4.69) is 38.1 Å². The molecule has 2 aromatic carbocycles. The summed E-state index contributed by atoms with van der Waals surface area (Å²) in [7, 11) is 0. The molecule has 3 heteroatoms. The summed E-state index contributed by atoms with van der Waals surface area (Å²) >= 11 is 0. The van der Waals surface area contributed by atoms with Gasteiger partial charge in [-0.2, -0.15) is 0 Å². The van der Waals surface area contributed by atoms with E-state index < -0.39 is 0 Å². The molecule has 1 unspecified atom stereocenters. The topological polar surface area (TPSA) is 27.7 Å². The second-order valence-electron chi connectivity index (χ2n) is 6.07. The second-order valence-corrected chi connectivity index (χ2v) is 6.07. The first-order valence-electron chi connectivity index (χ1n) is 8.20. The molecule has 122 valence electrons. The summed E-state index contributed by atoms with van der Waals surface area (Å²) in [5, 5.41) is 0. The molecule has 0 radical (unpaired) electrons. The molecule has 1 aliphatic heterocycles. The molecule has 3 rings (SSSR count). The van der Waals surface area contributed by atoms with Crippen molar-refractivity contribution in [3.63, 3.8) is 0 Å². The molecular weight excluding hydrogens is 288 g/mol. The lowest BCUT2D eigenvalue weighted by atomic mass is 10.1. The Morgan fingerprint density at radius 1 is 0.696 bits per heavy atom. The summed E-state index contributed by atoms with van der Waals surface area (Å²) in [4.78, 5) is 0. The molecule has 23 heavy (non-hydrogen) atoms. The fraction of sp³-hybridized carbons (Fsp3) is 0.400. The molecule has 0 spiro atoms. The molecule has 1 heterocycles. The first-order chi connectivity index (χ1) is 11.2.